The highest BCUT2D eigenvalue weighted by atomic mass is 28.1. The maximum absolute atomic E-state index is 13.1. The van der Waals surface area contributed by atoms with Gasteiger partial charge in [-0.05, 0) is 69.5 Å². The van der Waals surface area contributed by atoms with E-state index in [4.69, 9.17) is 14.2 Å². The van der Waals surface area contributed by atoms with E-state index in [1.54, 1.807) is 45.0 Å². The molecule has 0 spiro atoms. The molecule has 0 aromatic heterocycles. The molecular weight excluding hydrogens is 420 g/mol. The van der Waals surface area contributed by atoms with Crippen LogP contribution >= 0.6 is 0 Å². The van der Waals surface area contributed by atoms with E-state index < -0.39 is 23.1 Å². The molecule has 0 radical (unpaired) electrons. The Morgan fingerprint density at radius 3 is 2.25 bits per heavy atom. The second-order valence-corrected chi connectivity index (χ2v) is 11.3. The van der Waals surface area contributed by atoms with Crippen molar-refractivity contribution in [2.45, 2.75) is 64.9 Å². The molecule has 2 rings (SSSR count). The molecule has 0 heterocycles. The van der Waals surface area contributed by atoms with Crippen LogP contribution in [0.4, 0.5) is 0 Å². The third-order valence-corrected chi connectivity index (χ3v) is 6.44. The monoisotopic (exact) mass is 454 g/mol. The van der Waals surface area contributed by atoms with Gasteiger partial charge in [-0.2, -0.15) is 0 Å². The van der Waals surface area contributed by atoms with E-state index >= 15 is 0 Å². The zero-order valence-electron chi connectivity index (χ0n) is 20.1. The van der Waals surface area contributed by atoms with Crippen molar-refractivity contribution in [1.82, 2.24) is 0 Å². The lowest BCUT2D eigenvalue weighted by molar-refractivity contribution is -0.148. The average molecular weight is 455 g/mol. The Bertz CT molecular complexity index is 956. The summed E-state index contributed by atoms with van der Waals surface area (Å²) in [5.41, 5.74) is 1.01. The normalized spacial score (nSPS) is 13.1. The summed E-state index contributed by atoms with van der Waals surface area (Å²) in [6.07, 6.45) is 2.89. The molecule has 1 unspecified atom stereocenters. The van der Waals surface area contributed by atoms with Gasteiger partial charge in [0.25, 0.3) is 0 Å². The van der Waals surface area contributed by atoms with Crippen LogP contribution in [0.3, 0.4) is 0 Å². The van der Waals surface area contributed by atoms with Crippen LogP contribution in [0.1, 0.15) is 63.0 Å². The molecule has 5 nitrogen and oxygen atoms in total. The number of carbonyl (C=O) groups excluding carboxylic acids is 2. The van der Waals surface area contributed by atoms with Gasteiger partial charge in [-0.25, -0.2) is 9.59 Å². The van der Waals surface area contributed by atoms with Crippen LogP contribution in [0.5, 0.6) is 5.75 Å². The highest BCUT2D eigenvalue weighted by Crippen LogP contribution is 2.27. The lowest BCUT2D eigenvalue weighted by Gasteiger charge is -2.29. The molecule has 0 aliphatic carbocycles. The Morgan fingerprint density at radius 1 is 1.00 bits per heavy atom. The molecule has 2 aromatic rings. The van der Waals surface area contributed by atoms with E-state index in [1.807, 2.05) is 44.2 Å². The van der Waals surface area contributed by atoms with Gasteiger partial charge < -0.3 is 14.2 Å². The molecule has 0 fully saturated rings. The SMILES string of the molecule is CC([SiH3])C(C)(C)OC(=O)c1cc(OCc2ccccc2)ccc1C=CC(=O)OC(C)(C)C. The van der Waals surface area contributed by atoms with Crippen LogP contribution in [0, 0.1) is 0 Å². The van der Waals surface area contributed by atoms with Crippen LogP contribution in [-0.2, 0) is 20.9 Å². The summed E-state index contributed by atoms with van der Waals surface area (Å²) < 4.78 is 17.0. The van der Waals surface area contributed by atoms with Crippen LogP contribution in [0.2, 0.25) is 5.54 Å². The van der Waals surface area contributed by atoms with Crippen molar-refractivity contribution in [2.75, 3.05) is 0 Å². The summed E-state index contributed by atoms with van der Waals surface area (Å²) in [5, 5.41) is 0. The van der Waals surface area contributed by atoms with Crippen molar-refractivity contribution in [3.05, 3.63) is 71.3 Å². The molecule has 0 aliphatic heterocycles. The first-order chi connectivity index (χ1) is 14.9. The number of benzene rings is 2. The van der Waals surface area contributed by atoms with Crippen molar-refractivity contribution < 1.29 is 23.8 Å². The third-order valence-electron chi connectivity index (χ3n) is 5.04. The maximum Gasteiger partial charge on any atom is 0.339 e. The lowest BCUT2D eigenvalue weighted by atomic mass is 10.0. The molecule has 2 aromatic carbocycles. The van der Waals surface area contributed by atoms with Crippen molar-refractivity contribution in [3.63, 3.8) is 0 Å². The minimum atomic E-state index is -0.594. The second-order valence-electron chi connectivity index (χ2n) is 9.54. The molecular formula is C26H34O5Si. The van der Waals surface area contributed by atoms with Crippen LogP contribution in [0.25, 0.3) is 6.08 Å². The van der Waals surface area contributed by atoms with Crippen molar-refractivity contribution in [2.24, 2.45) is 0 Å². The van der Waals surface area contributed by atoms with E-state index in [2.05, 4.69) is 6.92 Å². The molecule has 0 aliphatic rings. The van der Waals surface area contributed by atoms with E-state index in [0.717, 1.165) is 15.8 Å². The predicted molar refractivity (Wildman–Crippen MR) is 131 cm³/mol. The summed E-state index contributed by atoms with van der Waals surface area (Å²) in [4.78, 5) is 25.2. The maximum atomic E-state index is 13.1. The molecule has 0 N–H and O–H groups in total. The van der Waals surface area contributed by atoms with E-state index in [-0.39, 0.29) is 5.54 Å². The summed E-state index contributed by atoms with van der Waals surface area (Å²) in [5.74, 6) is -0.381. The lowest BCUT2D eigenvalue weighted by Crippen LogP contribution is -2.32. The Labute approximate surface area is 194 Å². The van der Waals surface area contributed by atoms with Gasteiger partial charge in [-0.3, -0.25) is 0 Å². The largest absolute Gasteiger partial charge is 0.489 e. The summed E-state index contributed by atoms with van der Waals surface area (Å²) in [6, 6.07) is 15.0. The van der Waals surface area contributed by atoms with Gasteiger partial charge in [0.05, 0.1) is 5.56 Å². The molecule has 0 amide bonds. The Balaban J connectivity index is 2.30. The number of ether oxygens (including phenoxy) is 3. The molecule has 1 atom stereocenters. The smallest absolute Gasteiger partial charge is 0.339 e. The van der Waals surface area contributed by atoms with Gasteiger partial charge in [-0.15, -0.1) is 0 Å². The first-order valence-corrected chi connectivity index (χ1v) is 12.0. The molecule has 172 valence electrons. The Kier molecular flexibility index (Phi) is 8.44. The first-order valence-electron chi connectivity index (χ1n) is 10.8. The van der Waals surface area contributed by atoms with Crippen molar-refractivity contribution in [3.8, 4) is 5.75 Å². The topological polar surface area (TPSA) is 61.8 Å². The van der Waals surface area contributed by atoms with Gasteiger partial charge >= 0.3 is 11.9 Å². The average Bonchev–Trinajstić information content (AvgIpc) is 2.70. The summed E-state index contributed by atoms with van der Waals surface area (Å²) in [6.45, 7) is 11.7. The highest BCUT2D eigenvalue weighted by Gasteiger charge is 2.28. The predicted octanol–water partition coefficient (Wildman–Crippen LogP) is 4.73. The van der Waals surface area contributed by atoms with E-state index in [9.17, 15) is 9.59 Å². The fraction of sp³-hybridized carbons (Fsp3) is 0.385. The van der Waals surface area contributed by atoms with Crippen molar-refractivity contribution in [1.29, 1.82) is 0 Å². The van der Waals surface area contributed by atoms with Gasteiger partial charge in [-0.1, -0.05) is 43.3 Å². The molecule has 6 heteroatoms. The van der Waals surface area contributed by atoms with Gasteiger partial charge in [0, 0.05) is 16.3 Å². The quantitative estimate of drug-likeness (QED) is 0.328. The minimum absolute atomic E-state index is 0.268. The van der Waals surface area contributed by atoms with Gasteiger partial charge in [0.15, 0.2) is 0 Å². The first kappa shape index (κ1) is 25.4. The fourth-order valence-electron chi connectivity index (χ4n) is 2.59. The van der Waals surface area contributed by atoms with Gasteiger partial charge in [0.2, 0.25) is 0 Å². The van der Waals surface area contributed by atoms with Crippen LogP contribution < -0.4 is 4.74 Å². The zero-order chi connectivity index (χ0) is 23.9. The standard InChI is InChI=1S/C26H34O5Si/c1-18(32)26(5,6)31-24(28)22-16-21(29-17-19-10-8-7-9-11-19)14-12-20(22)13-15-23(27)30-25(2,3)4/h7-16,18H,17H2,1-6,32H3. The highest BCUT2D eigenvalue weighted by molar-refractivity contribution is 6.12. The molecule has 0 bridgehead atoms. The Morgan fingerprint density at radius 2 is 1.66 bits per heavy atom. The fourth-order valence-corrected chi connectivity index (χ4v) is 2.71. The number of hydrogen-bond acceptors (Lipinski definition) is 5. The summed E-state index contributed by atoms with van der Waals surface area (Å²) >= 11 is 0. The van der Waals surface area contributed by atoms with E-state index in [1.165, 1.54) is 6.08 Å². The van der Waals surface area contributed by atoms with Gasteiger partial charge in [0.1, 0.15) is 23.6 Å². The number of carbonyl (C=O) groups is 2. The van der Waals surface area contributed by atoms with Crippen LogP contribution in [0.15, 0.2) is 54.6 Å². The third kappa shape index (κ3) is 8.00. The molecule has 32 heavy (non-hydrogen) atoms. The number of hydrogen-bond donors (Lipinski definition) is 0. The molecule has 0 saturated heterocycles. The number of rotatable bonds is 8. The zero-order valence-corrected chi connectivity index (χ0v) is 22.1. The number of esters is 2. The van der Waals surface area contributed by atoms with Crippen molar-refractivity contribution >= 4 is 28.3 Å². The minimum Gasteiger partial charge on any atom is -0.489 e. The van der Waals surface area contributed by atoms with Crippen LogP contribution in [-0.4, -0.2) is 33.4 Å². The Hall–Kier alpha value is -2.86. The summed E-state index contributed by atoms with van der Waals surface area (Å²) in [7, 11) is 0.896. The second kappa shape index (κ2) is 10.6. The molecule has 0 saturated carbocycles. The van der Waals surface area contributed by atoms with E-state index in [0.29, 0.717) is 23.5 Å².